The Bertz CT molecular complexity index is 396. The molecule has 0 saturated carbocycles. The summed E-state index contributed by atoms with van der Waals surface area (Å²) < 4.78 is 10.2. The summed E-state index contributed by atoms with van der Waals surface area (Å²) in [4.78, 5) is 18.1. The molecule has 1 heterocycles. The van der Waals surface area contributed by atoms with E-state index < -0.39 is 0 Å². The molecule has 1 aromatic rings. The molecule has 0 saturated heterocycles. The van der Waals surface area contributed by atoms with Crippen LogP contribution in [0.4, 0.5) is 5.82 Å². The molecule has 0 fully saturated rings. The van der Waals surface area contributed by atoms with E-state index in [2.05, 4.69) is 9.88 Å². The molecule has 1 aromatic heterocycles. The van der Waals surface area contributed by atoms with E-state index in [-0.39, 0.29) is 5.78 Å². The molecule has 19 heavy (non-hydrogen) atoms. The third-order valence-corrected chi connectivity index (χ3v) is 2.81. The molecule has 0 spiro atoms. The average molecular weight is 266 g/mol. The van der Waals surface area contributed by atoms with E-state index in [4.69, 9.17) is 9.47 Å². The number of rotatable bonds is 9. The number of carbonyl (C=O) groups is 1. The summed E-state index contributed by atoms with van der Waals surface area (Å²) in [5.41, 5.74) is 0.649. The van der Waals surface area contributed by atoms with Crippen LogP contribution in [0.15, 0.2) is 18.3 Å². The molecular formula is C14H22N2O3. The molecule has 0 aliphatic rings. The smallest absolute Gasteiger partial charge is 0.163 e. The Kier molecular flexibility index (Phi) is 7.07. The lowest BCUT2D eigenvalue weighted by Gasteiger charge is -2.24. The zero-order valence-corrected chi connectivity index (χ0v) is 11.9. The van der Waals surface area contributed by atoms with Crippen molar-refractivity contribution in [3.05, 3.63) is 23.9 Å². The Morgan fingerprint density at radius 3 is 2.63 bits per heavy atom. The van der Waals surface area contributed by atoms with E-state index in [0.717, 1.165) is 18.8 Å². The van der Waals surface area contributed by atoms with Crippen LogP contribution in [0.1, 0.15) is 23.7 Å². The van der Waals surface area contributed by atoms with Crippen molar-refractivity contribution < 1.29 is 14.3 Å². The highest BCUT2D eigenvalue weighted by Gasteiger charge is 2.14. The van der Waals surface area contributed by atoms with Crippen molar-refractivity contribution >= 4 is 11.6 Å². The summed E-state index contributed by atoms with van der Waals surface area (Å²) in [6.45, 7) is 4.34. The van der Waals surface area contributed by atoms with Crippen molar-refractivity contribution in [2.24, 2.45) is 0 Å². The summed E-state index contributed by atoms with van der Waals surface area (Å²) in [6, 6.07) is 3.59. The number of ether oxygens (including phenoxy) is 2. The molecular weight excluding hydrogens is 244 g/mol. The maximum atomic E-state index is 11.7. The van der Waals surface area contributed by atoms with Gasteiger partial charge in [0, 0.05) is 40.1 Å². The first kappa shape index (κ1) is 15.6. The number of nitrogens with zero attached hydrogens (tertiary/aromatic N) is 2. The number of methoxy groups -OCH3 is 2. The van der Waals surface area contributed by atoms with E-state index in [0.29, 0.717) is 25.3 Å². The molecule has 0 aliphatic carbocycles. The van der Waals surface area contributed by atoms with Gasteiger partial charge in [-0.3, -0.25) is 4.79 Å². The summed E-state index contributed by atoms with van der Waals surface area (Å²) in [5.74, 6) is 0.750. The quantitative estimate of drug-likeness (QED) is 0.503. The van der Waals surface area contributed by atoms with Gasteiger partial charge in [-0.15, -0.1) is 0 Å². The predicted octanol–water partition coefficient (Wildman–Crippen LogP) is 1.77. The van der Waals surface area contributed by atoms with Crippen LogP contribution in [0.5, 0.6) is 0 Å². The predicted molar refractivity (Wildman–Crippen MR) is 74.8 cm³/mol. The van der Waals surface area contributed by atoms with Gasteiger partial charge >= 0.3 is 0 Å². The van der Waals surface area contributed by atoms with E-state index in [1.54, 1.807) is 39.5 Å². The number of hydrogen-bond donors (Lipinski definition) is 0. The highest BCUT2D eigenvalue weighted by Crippen LogP contribution is 2.17. The number of ketones is 1. The van der Waals surface area contributed by atoms with Gasteiger partial charge < -0.3 is 14.4 Å². The fourth-order valence-corrected chi connectivity index (χ4v) is 1.85. The van der Waals surface area contributed by atoms with E-state index >= 15 is 0 Å². The lowest BCUT2D eigenvalue weighted by atomic mass is 10.1. The maximum absolute atomic E-state index is 11.7. The highest BCUT2D eigenvalue weighted by atomic mass is 16.5. The number of anilines is 1. The fraction of sp³-hybridized carbons (Fsp3) is 0.571. The minimum absolute atomic E-state index is 0.0252. The largest absolute Gasteiger partial charge is 0.385 e. The molecule has 0 aromatic carbocycles. The van der Waals surface area contributed by atoms with Gasteiger partial charge in [0.05, 0.1) is 12.2 Å². The van der Waals surface area contributed by atoms with Crippen molar-refractivity contribution in [3.63, 3.8) is 0 Å². The first-order valence-electron chi connectivity index (χ1n) is 6.39. The highest BCUT2D eigenvalue weighted by molar-refractivity contribution is 5.98. The standard InChI is InChI=1S/C14H22N2O3/c1-12(17)13-6-4-7-15-14(13)16(9-11-19-3)8-5-10-18-2/h4,6-7H,5,8-11H2,1-3H3. The summed E-state index contributed by atoms with van der Waals surface area (Å²) in [5, 5.41) is 0. The summed E-state index contributed by atoms with van der Waals surface area (Å²) >= 11 is 0. The molecule has 0 aliphatic heterocycles. The minimum Gasteiger partial charge on any atom is -0.385 e. The Morgan fingerprint density at radius 2 is 2.00 bits per heavy atom. The number of Topliss-reactive ketones (excluding diaryl/α,β-unsaturated/α-hetero) is 1. The topological polar surface area (TPSA) is 51.7 Å². The number of aromatic nitrogens is 1. The molecule has 106 valence electrons. The van der Waals surface area contributed by atoms with E-state index in [1.165, 1.54) is 0 Å². The van der Waals surface area contributed by atoms with Gasteiger partial charge in [-0.25, -0.2) is 4.98 Å². The molecule has 5 heteroatoms. The van der Waals surface area contributed by atoms with Crippen molar-refractivity contribution in [2.75, 3.05) is 45.4 Å². The second-order valence-corrected chi connectivity index (χ2v) is 4.26. The molecule has 0 atom stereocenters. The van der Waals surface area contributed by atoms with Crippen LogP contribution in [-0.4, -0.2) is 51.3 Å². The lowest BCUT2D eigenvalue weighted by Crippen LogP contribution is -2.31. The number of pyridine rings is 1. The van der Waals surface area contributed by atoms with Crippen LogP contribution < -0.4 is 4.90 Å². The van der Waals surface area contributed by atoms with Crippen LogP contribution in [0.25, 0.3) is 0 Å². The Labute approximate surface area is 114 Å². The third kappa shape index (κ3) is 4.96. The van der Waals surface area contributed by atoms with Gasteiger partial charge in [0.15, 0.2) is 5.78 Å². The van der Waals surface area contributed by atoms with Gasteiger partial charge in [0.2, 0.25) is 0 Å². The Hall–Kier alpha value is -1.46. The Balaban J connectivity index is 2.85. The minimum atomic E-state index is 0.0252. The van der Waals surface area contributed by atoms with Crippen molar-refractivity contribution in [1.29, 1.82) is 0 Å². The number of carbonyl (C=O) groups excluding carboxylic acids is 1. The Morgan fingerprint density at radius 1 is 1.26 bits per heavy atom. The van der Waals surface area contributed by atoms with Crippen LogP contribution in [-0.2, 0) is 9.47 Å². The average Bonchev–Trinajstić information content (AvgIpc) is 2.42. The maximum Gasteiger partial charge on any atom is 0.163 e. The van der Waals surface area contributed by atoms with Crippen molar-refractivity contribution in [1.82, 2.24) is 4.98 Å². The second-order valence-electron chi connectivity index (χ2n) is 4.26. The first-order valence-corrected chi connectivity index (χ1v) is 6.39. The lowest BCUT2D eigenvalue weighted by molar-refractivity contribution is 0.101. The molecule has 5 nitrogen and oxygen atoms in total. The summed E-state index contributed by atoms with van der Waals surface area (Å²) in [7, 11) is 3.35. The molecule has 0 radical (unpaired) electrons. The van der Waals surface area contributed by atoms with Gasteiger partial charge in [-0.05, 0) is 25.5 Å². The fourth-order valence-electron chi connectivity index (χ4n) is 1.85. The molecule has 0 unspecified atom stereocenters. The zero-order valence-electron chi connectivity index (χ0n) is 11.9. The van der Waals surface area contributed by atoms with E-state index in [9.17, 15) is 4.79 Å². The number of hydrogen-bond acceptors (Lipinski definition) is 5. The molecule has 0 amide bonds. The van der Waals surface area contributed by atoms with Crippen LogP contribution in [0, 0.1) is 0 Å². The van der Waals surface area contributed by atoms with Gasteiger partial charge in [0.25, 0.3) is 0 Å². The second kappa shape index (κ2) is 8.61. The van der Waals surface area contributed by atoms with E-state index in [1.807, 2.05) is 0 Å². The monoisotopic (exact) mass is 266 g/mol. The molecule has 0 bridgehead atoms. The zero-order chi connectivity index (χ0) is 14.1. The van der Waals surface area contributed by atoms with Crippen LogP contribution in [0.3, 0.4) is 0 Å². The van der Waals surface area contributed by atoms with Gasteiger partial charge in [-0.2, -0.15) is 0 Å². The van der Waals surface area contributed by atoms with Crippen molar-refractivity contribution in [2.45, 2.75) is 13.3 Å². The normalized spacial score (nSPS) is 10.5. The molecule has 0 N–H and O–H groups in total. The van der Waals surface area contributed by atoms with Crippen molar-refractivity contribution in [3.8, 4) is 0 Å². The van der Waals surface area contributed by atoms with Crippen LogP contribution >= 0.6 is 0 Å². The van der Waals surface area contributed by atoms with Crippen LogP contribution in [0.2, 0.25) is 0 Å². The summed E-state index contributed by atoms with van der Waals surface area (Å²) in [6.07, 6.45) is 2.59. The first-order chi connectivity index (χ1) is 9.20. The third-order valence-electron chi connectivity index (χ3n) is 2.81. The molecule has 1 rings (SSSR count). The van der Waals surface area contributed by atoms with Gasteiger partial charge in [0.1, 0.15) is 5.82 Å². The SMILES string of the molecule is COCCCN(CCOC)c1ncccc1C(C)=O. The van der Waals surface area contributed by atoms with Gasteiger partial charge in [-0.1, -0.05) is 0 Å².